The summed E-state index contributed by atoms with van der Waals surface area (Å²) in [5.74, 6) is 0.527. The van der Waals surface area contributed by atoms with Crippen LogP contribution in [-0.4, -0.2) is 11.0 Å². The van der Waals surface area contributed by atoms with Crippen molar-refractivity contribution in [3.63, 3.8) is 0 Å². The fraction of sp³-hybridized carbons (Fsp3) is 0.222. The van der Waals surface area contributed by atoms with Crippen molar-refractivity contribution in [1.82, 2.24) is 5.48 Å². The van der Waals surface area contributed by atoms with Crippen molar-refractivity contribution in [2.24, 2.45) is 4.99 Å². The lowest BCUT2D eigenvalue weighted by Crippen LogP contribution is -2.14. The van der Waals surface area contributed by atoms with E-state index in [1.807, 2.05) is 35.8 Å². The monoisotopic (exact) mass is 164 g/mol. The van der Waals surface area contributed by atoms with Gasteiger partial charge in [-0.2, -0.15) is 0 Å². The fourth-order valence-electron chi connectivity index (χ4n) is 0.829. The van der Waals surface area contributed by atoms with E-state index in [0.717, 1.165) is 5.56 Å². The topological polar surface area (TPSA) is 44.6 Å². The van der Waals surface area contributed by atoms with E-state index >= 15 is 0 Å². The van der Waals surface area contributed by atoms with Crippen LogP contribution in [-0.2, 0) is 6.54 Å². The van der Waals surface area contributed by atoms with Crippen LogP contribution in [0.1, 0.15) is 12.5 Å². The molecule has 1 aromatic carbocycles. The zero-order chi connectivity index (χ0) is 8.81. The maximum absolute atomic E-state index is 8.43. The van der Waals surface area contributed by atoms with Gasteiger partial charge in [-0.3, -0.25) is 15.7 Å². The summed E-state index contributed by atoms with van der Waals surface area (Å²) in [6, 6.07) is 9.88. The summed E-state index contributed by atoms with van der Waals surface area (Å²) in [5, 5.41) is 8.43. The standard InChI is InChI=1S/C9H12N2O/c1-8(11-12)10-7-9-5-3-2-4-6-9/h2-6,12H,7H2,1H3,(H,10,11). The Morgan fingerprint density at radius 1 is 1.42 bits per heavy atom. The molecule has 3 heteroatoms. The van der Waals surface area contributed by atoms with Crippen LogP contribution in [0.2, 0.25) is 0 Å². The van der Waals surface area contributed by atoms with Crippen LogP contribution in [0.15, 0.2) is 35.3 Å². The average molecular weight is 164 g/mol. The summed E-state index contributed by atoms with van der Waals surface area (Å²) in [4.78, 5) is 4.07. The molecule has 1 rings (SSSR count). The third-order valence-corrected chi connectivity index (χ3v) is 1.50. The van der Waals surface area contributed by atoms with Crippen LogP contribution in [0.3, 0.4) is 0 Å². The highest BCUT2D eigenvalue weighted by molar-refractivity contribution is 5.78. The first-order valence-corrected chi connectivity index (χ1v) is 3.78. The van der Waals surface area contributed by atoms with E-state index in [0.29, 0.717) is 12.4 Å². The second-order valence-electron chi connectivity index (χ2n) is 2.50. The van der Waals surface area contributed by atoms with Crippen LogP contribution in [0.25, 0.3) is 0 Å². The lowest BCUT2D eigenvalue weighted by Gasteiger charge is -1.97. The second kappa shape index (κ2) is 4.51. The summed E-state index contributed by atoms with van der Waals surface area (Å²) in [7, 11) is 0. The Bertz CT molecular complexity index is 256. The summed E-state index contributed by atoms with van der Waals surface area (Å²) in [6.07, 6.45) is 0. The van der Waals surface area contributed by atoms with Gasteiger partial charge in [0.2, 0.25) is 0 Å². The number of hydroxylamine groups is 1. The molecule has 64 valence electrons. The second-order valence-corrected chi connectivity index (χ2v) is 2.50. The number of benzene rings is 1. The summed E-state index contributed by atoms with van der Waals surface area (Å²) in [5.41, 5.74) is 3.12. The van der Waals surface area contributed by atoms with E-state index in [4.69, 9.17) is 5.21 Å². The molecule has 0 saturated heterocycles. The lowest BCUT2D eigenvalue weighted by molar-refractivity contribution is 0.233. The first-order valence-electron chi connectivity index (χ1n) is 3.78. The van der Waals surface area contributed by atoms with Gasteiger partial charge in [-0.15, -0.1) is 0 Å². The molecule has 0 bridgehead atoms. The molecule has 1 aromatic rings. The van der Waals surface area contributed by atoms with Gasteiger partial charge < -0.3 is 0 Å². The minimum absolute atomic E-state index is 0.527. The minimum Gasteiger partial charge on any atom is -0.290 e. The van der Waals surface area contributed by atoms with Crippen LogP contribution >= 0.6 is 0 Å². The number of amidine groups is 1. The molecule has 0 saturated carbocycles. The predicted octanol–water partition coefficient (Wildman–Crippen LogP) is 1.58. The van der Waals surface area contributed by atoms with Crippen molar-refractivity contribution in [3.05, 3.63) is 35.9 Å². The Balaban J connectivity index is 2.54. The number of nitrogens with one attached hydrogen (secondary N) is 1. The molecular weight excluding hydrogens is 152 g/mol. The lowest BCUT2D eigenvalue weighted by atomic mass is 10.2. The SMILES string of the molecule is CC(=NCc1ccccc1)NO. The third kappa shape index (κ3) is 2.72. The van der Waals surface area contributed by atoms with Crippen molar-refractivity contribution < 1.29 is 5.21 Å². The Morgan fingerprint density at radius 2 is 2.08 bits per heavy atom. The summed E-state index contributed by atoms with van der Waals surface area (Å²) < 4.78 is 0. The Hall–Kier alpha value is -1.35. The fourth-order valence-corrected chi connectivity index (χ4v) is 0.829. The third-order valence-electron chi connectivity index (χ3n) is 1.50. The Kier molecular flexibility index (Phi) is 3.29. The first-order chi connectivity index (χ1) is 5.83. The molecule has 0 aromatic heterocycles. The number of nitrogens with zero attached hydrogens (tertiary/aromatic N) is 1. The van der Waals surface area contributed by atoms with E-state index in [-0.39, 0.29) is 0 Å². The van der Waals surface area contributed by atoms with E-state index in [1.54, 1.807) is 6.92 Å². The molecule has 0 atom stereocenters. The highest BCUT2D eigenvalue weighted by atomic mass is 16.5. The van der Waals surface area contributed by atoms with Crippen molar-refractivity contribution in [1.29, 1.82) is 0 Å². The zero-order valence-corrected chi connectivity index (χ0v) is 6.99. The van der Waals surface area contributed by atoms with Crippen molar-refractivity contribution in [3.8, 4) is 0 Å². The van der Waals surface area contributed by atoms with Gasteiger partial charge in [-0.1, -0.05) is 30.3 Å². The van der Waals surface area contributed by atoms with Gasteiger partial charge in [-0.25, -0.2) is 0 Å². The Labute approximate surface area is 71.7 Å². The highest BCUT2D eigenvalue weighted by Crippen LogP contribution is 1.99. The van der Waals surface area contributed by atoms with Crippen LogP contribution < -0.4 is 5.48 Å². The first kappa shape index (κ1) is 8.74. The molecule has 0 aliphatic heterocycles. The van der Waals surface area contributed by atoms with Crippen molar-refractivity contribution in [2.45, 2.75) is 13.5 Å². The molecule has 0 aliphatic rings. The van der Waals surface area contributed by atoms with Gasteiger partial charge in [0.15, 0.2) is 0 Å². The van der Waals surface area contributed by atoms with Gasteiger partial charge in [-0.05, 0) is 12.5 Å². The van der Waals surface area contributed by atoms with Gasteiger partial charge in [0, 0.05) is 0 Å². The maximum atomic E-state index is 8.43. The molecule has 3 nitrogen and oxygen atoms in total. The smallest absolute Gasteiger partial charge is 0.117 e. The van der Waals surface area contributed by atoms with Gasteiger partial charge in [0.1, 0.15) is 5.84 Å². The highest BCUT2D eigenvalue weighted by Gasteiger charge is 1.88. The van der Waals surface area contributed by atoms with Crippen molar-refractivity contribution in [2.75, 3.05) is 0 Å². The predicted molar refractivity (Wildman–Crippen MR) is 48.2 cm³/mol. The van der Waals surface area contributed by atoms with Crippen LogP contribution in [0.5, 0.6) is 0 Å². The maximum Gasteiger partial charge on any atom is 0.117 e. The summed E-state index contributed by atoms with van der Waals surface area (Å²) in [6.45, 7) is 2.31. The number of rotatable bonds is 2. The quantitative estimate of drug-likeness (QED) is 0.396. The summed E-state index contributed by atoms with van der Waals surface area (Å²) >= 11 is 0. The molecule has 0 radical (unpaired) electrons. The van der Waals surface area contributed by atoms with Crippen molar-refractivity contribution >= 4 is 5.84 Å². The molecule has 0 fully saturated rings. The number of hydrogen-bond acceptors (Lipinski definition) is 2. The average Bonchev–Trinajstić information content (AvgIpc) is 2.16. The molecule has 0 amide bonds. The van der Waals surface area contributed by atoms with Crippen LogP contribution in [0, 0.1) is 0 Å². The molecule has 0 aliphatic carbocycles. The van der Waals surface area contributed by atoms with E-state index in [2.05, 4.69) is 4.99 Å². The van der Waals surface area contributed by atoms with E-state index in [9.17, 15) is 0 Å². The zero-order valence-electron chi connectivity index (χ0n) is 6.99. The van der Waals surface area contributed by atoms with Gasteiger partial charge in [0.25, 0.3) is 0 Å². The number of aliphatic imine (C=N–C) groups is 1. The normalized spacial score (nSPS) is 11.3. The van der Waals surface area contributed by atoms with Gasteiger partial charge >= 0.3 is 0 Å². The molecule has 0 unspecified atom stereocenters. The van der Waals surface area contributed by atoms with Crippen LogP contribution in [0.4, 0.5) is 0 Å². The Morgan fingerprint density at radius 3 is 2.67 bits per heavy atom. The number of hydrogen-bond donors (Lipinski definition) is 2. The largest absolute Gasteiger partial charge is 0.290 e. The molecule has 12 heavy (non-hydrogen) atoms. The molecule has 2 N–H and O–H groups in total. The van der Waals surface area contributed by atoms with Gasteiger partial charge in [0.05, 0.1) is 6.54 Å². The minimum atomic E-state index is 0.527. The van der Waals surface area contributed by atoms with E-state index < -0.39 is 0 Å². The van der Waals surface area contributed by atoms with E-state index in [1.165, 1.54) is 0 Å². The molecular formula is C9H12N2O. The molecule has 0 heterocycles. The molecule has 0 spiro atoms.